The molecule has 132 valence electrons. The molecular weight excluding hydrogens is 298 g/mol. The molecule has 0 spiro atoms. The number of carbonyl (C=O) groups excluding carboxylic acids is 3. The number of nitrogens with one attached hydrogen (secondary N) is 1. The fourth-order valence-corrected chi connectivity index (χ4v) is 2.66. The van der Waals surface area contributed by atoms with Crippen molar-refractivity contribution in [3.8, 4) is 0 Å². The van der Waals surface area contributed by atoms with Gasteiger partial charge >= 0.3 is 17.8 Å². The van der Waals surface area contributed by atoms with Crippen LogP contribution in [0.15, 0.2) is 0 Å². The highest BCUT2D eigenvalue weighted by Crippen LogP contribution is 2.18. The summed E-state index contributed by atoms with van der Waals surface area (Å²) in [6, 6.07) is 0. The zero-order valence-corrected chi connectivity index (χ0v) is 14.5. The maximum atomic E-state index is 12.1. The minimum Gasteiger partial charge on any atom is -0.466 e. The van der Waals surface area contributed by atoms with Crippen LogP contribution in [-0.2, 0) is 19.1 Å². The van der Waals surface area contributed by atoms with E-state index in [2.05, 4.69) is 24.1 Å². The monoisotopic (exact) mass is 327 g/mol. The molecular formula is C16H29N3O4. The van der Waals surface area contributed by atoms with Gasteiger partial charge in [-0.3, -0.25) is 14.4 Å². The van der Waals surface area contributed by atoms with Crippen molar-refractivity contribution in [2.45, 2.75) is 33.6 Å². The highest BCUT2D eigenvalue weighted by Gasteiger charge is 2.30. The SMILES string of the molecule is CCOC(=O)C1CCN(C(=O)C(=O)NCCN(CC)CC)CC1. The van der Waals surface area contributed by atoms with Crippen LogP contribution in [0.4, 0.5) is 0 Å². The fourth-order valence-electron chi connectivity index (χ4n) is 2.66. The summed E-state index contributed by atoms with van der Waals surface area (Å²) < 4.78 is 4.99. The maximum absolute atomic E-state index is 12.1. The normalized spacial score (nSPS) is 15.6. The van der Waals surface area contributed by atoms with E-state index >= 15 is 0 Å². The van der Waals surface area contributed by atoms with Gasteiger partial charge in [-0.15, -0.1) is 0 Å². The predicted molar refractivity (Wildman–Crippen MR) is 86.7 cm³/mol. The quantitative estimate of drug-likeness (QED) is 0.535. The molecule has 23 heavy (non-hydrogen) atoms. The molecule has 0 bridgehead atoms. The summed E-state index contributed by atoms with van der Waals surface area (Å²) in [4.78, 5) is 39.4. The number of hydrogen-bond donors (Lipinski definition) is 1. The summed E-state index contributed by atoms with van der Waals surface area (Å²) in [7, 11) is 0. The predicted octanol–water partition coefficient (Wildman–Crippen LogP) is 0.246. The highest BCUT2D eigenvalue weighted by molar-refractivity contribution is 6.35. The van der Waals surface area contributed by atoms with Gasteiger partial charge in [0.15, 0.2) is 0 Å². The van der Waals surface area contributed by atoms with Gasteiger partial charge in [0.1, 0.15) is 0 Å². The summed E-state index contributed by atoms with van der Waals surface area (Å²) in [6.07, 6.45) is 1.11. The second-order valence-corrected chi connectivity index (χ2v) is 5.60. The van der Waals surface area contributed by atoms with E-state index < -0.39 is 11.8 Å². The van der Waals surface area contributed by atoms with Gasteiger partial charge in [0.2, 0.25) is 0 Å². The van der Waals surface area contributed by atoms with Crippen molar-refractivity contribution < 1.29 is 19.1 Å². The molecule has 0 aromatic carbocycles. The van der Waals surface area contributed by atoms with Crippen LogP contribution in [0.5, 0.6) is 0 Å². The van der Waals surface area contributed by atoms with Crippen molar-refractivity contribution in [1.29, 1.82) is 0 Å². The zero-order chi connectivity index (χ0) is 17.2. The molecule has 0 atom stereocenters. The lowest BCUT2D eigenvalue weighted by Crippen LogP contribution is -2.48. The average molecular weight is 327 g/mol. The third-order valence-electron chi connectivity index (χ3n) is 4.20. The third-order valence-corrected chi connectivity index (χ3v) is 4.20. The first kappa shape index (κ1) is 19.4. The van der Waals surface area contributed by atoms with E-state index in [9.17, 15) is 14.4 Å². The molecule has 1 aliphatic rings. The standard InChI is InChI=1S/C16H29N3O4/c1-4-18(5-2)12-9-17-14(20)15(21)19-10-7-13(8-11-19)16(22)23-6-3/h13H,4-12H2,1-3H3,(H,17,20). The van der Waals surface area contributed by atoms with Crippen molar-refractivity contribution in [2.75, 3.05) is 45.9 Å². The van der Waals surface area contributed by atoms with Crippen molar-refractivity contribution >= 4 is 17.8 Å². The topological polar surface area (TPSA) is 78.9 Å². The molecule has 0 aromatic rings. The Labute approximate surface area is 138 Å². The molecule has 0 aliphatic carbocycles. The Morgan fingerprint density at radius 3 is 2.26 bits per heavy atom. The average Bonchev–Trinajstić information content (AvgIpc) is 2.58. The van der Waals surface area contributed by atoms with Crippen molar-refractivity contribution in [2.24, 2.45) is 5.92 Å². The number of likely N-dealkylation sites (tertiary alicyclic amines) is 1. The van der Waals surface area contributed by atoms with E-state index in [1.807, 2.05) is 0 Å². The molecule has 2 amide bonds. The molecule has 1 aliphatic heterocycles. The lowest BCUT2D eigenvalue weighted by atomic mass is 9.97. The van der Waals surface area contributed by atoms with Gasteiger partial charge in [-0.2, -0.15) is 0 Å². The van der Waals surface area contributed by atoms with Crippen molar-refractivity contribution in [3.63, 3.8) is 0 Å². The Kier molecular flexibility index (Phi) is 8.61. The lowest BCUT2D eigenvalue weighted by Gasteiger charge is -2.30. The fraction of sp³-hybridized carbons (Fsp3) is 0.812. The first-order chi connectivity index (χ1) is 11.0. The number of rotatable bonds is 7. The Hall–Kier alpha value is -1.63. The number of piperidine rings is 1. The minimum absolute atomic E-state index is 0.162. The lowest BCUT2D eigenvalue weighted by molar-refractivity contribution is -0.152. The van der Waals surface area contributed by atoms with E-state index in [1.165, 1.54) is 4.90 Å². The summed E-state index contributed by atoms with van der Waals surface area (Å²) in [5.74, 6) is -1.44. The minimum atomic E-state index is -0.563. The van der Waals surface area contributed by atoms with Crippen LogP contribution in [0.1, 0.15) is 33.6 Å². The Balaban J connectivity index is 2.32. The molecule has 7 heteroatoms. The van der Waals surface area contributed by atoms with Crippen LogP contribution in [0.3, 0.4) is 0 Å². The number of hydrogen-bond acceptors (Lipinski definition) is 5. The van der Waals surface area contributed by atoms with E-state index in [-0.39, 0.29) is 11.9 Å². The second-order valence-electron chi connectivity index (χ2n) is 5.60. The first-order valence-electron chi connectivity index (χ1n) is 8.49. The number of ether oxygens (including phenoxy) is 1. The van der Waals surface area contributed by atoms with Gasteiger partial charge in [0, 0.05) is 26.2 Å². The van der Waals surface area contributed by atoms with Crippen LogP contribution >= 0.6 is 0 Å². The summed E-state index contributed by atoms with van der Waals surface area (Å²) in [6.45, 7) is 10.1. The molecule has 0 radical (unpaired) electrons. The molecule has 1 fully saturated rings. The number of esters is 1. The first-order valence-corrected chi connectivity index (χ1v) is 8.49. The molecule has 1 heterocycles. The summed E-state index contributed by atoms with van der Waals surface area (Å²) in [5.41, 5.74) is 0. The van der Waals surface area contributed by atoms with Gasteiger partial charge in [-0.05, 0) is 32.9 Å². The van der Waals surface area contributed by atoms with Gasteiger partial charge in [-0.25, -0.2) is 0 Å². The number of likely N-dealkylation sites (N-methyl/N-ethyl adjacent to an activating group) is 1. The van der Waals surface area contributed by atoms with Gasteiger partial charge < -0.3 is 19.9 Å². The van der Waals surface area contributed by atoms with E-state index in [4.69, 9.17) is 4.74 Å². The van der Waals surface area contributed by atoms with Gasteiger partial charge in [0.25, 0.3) is 0 Å². The zero-order valence-electron chi connectivity index (χ0n) is 14.5. The number of amides is 2. The molecule has 1 N–H and O–H groups in total. The number of carbonyl (C=O) groups is 3. The molecule has 0 unspecified atom stereocenters. The maximum Gasteiger partial charge on any atom is 0.311 e. The molecule has 7 nitrogen and oxygen atoms in total. The van der Waals surface area contributed by atoms with Crippen LogP contribution in [0, 0.1) is 5.92 Å². The Morgan fingerprint density at radius 2 is 1.74 bits per heavy atom. The van der Waals surface area contributed by atoms with Crippen molar-refractivity contribution in [1.82, 2.24) is 15.1 Å². The highest BCUT2D eigenvalue weighted by atomic mass is 16.5. The Bertz CT molecular complexity index is 402. The van der Waals surface area contributed by atoms with Crippen LogP contribution in [-0.4, -0.2) is 73.5 Å². The second kappa shape index (κ2) is 10.2. The number of nitrogens with zero attached hydrogens (tertiary/aromatic N) is 2. The van der Waals surface area contributed by atoms with E-state index in [1.54, 1.807) is 6.92 Å². The summed E-state index contributed by atoms with van der Waals surface area (Å²) in [5, 5.41) is 2.67. The van der Waals surface area contributed by atoms with Crippen LogP contribution in [0.2, 0.25) is 0 Å². The Morgan fingerprint density at radius 1 is 1.13 bits per heavy atom. The van der Waals surface area contributed by atoms with Crippen molar-refractivity contribution in [3.05, 3.63) is 0 Å². The largest absolute Gasteiger partial charge is 0.466 e. The molecule has 0 aromatic heterocycles. The molecule has 1 rings (SSSR count). The van der Waals surface area contributed by atoms with E-state index in [0.717, 1.165) is 19.6 Å². The molecule has 0 saturated carbocycles. The van der Waals surface area contributed by atoms with Gasteiger partial charge in [0.05, 0.1) is 12.5 Å². The van der Waals surface area contributed by atoms with Crippen LogP contribution < -0.4 is 5.32 Å². The third kappa shape index (κ3) is 6.17. The van der Waals surface area contributed by atoms with E-state index in [0.29, 0.717) is 39.1 Å². The summed E-state index contributed by atoms with van der Waals surface area (Å²) >= 11 is 0. The smallest absolute Gasteiger partial charge is 0.311 e. The van der Waals surface area contributed by atoms with Gasteiger partial charge in [-0.1, -0.05) is 13.8 Å². The van der Waals surface area contributed by atoms with Crippen LogP contribution in [0.25, 0.3) is 0 Å². The molecule has 1 saturated heterocycles.